The van der Waals surface area contributed by atoms with Gasteiger partial charge in [0.25, 0.3) is 0 Å². The highest BCUT2D eigenvalue weighted by atomic mass is 16.5. The minimum Gasteiger partial charge on any atom is -0.497 e. The molecule has 1 aromatic carbocycles. The number of allylic oxidation sites excluding steroid dienone is 5. The summed E-state index contributed by atoms with van der Waals surface area (Å²) in [7, 11) is 1.61. The molecule has 1 aromatic rings. The molecule has 6 heteroatoms. The normalized spacial score (nSPS) is 16.7. The average Bonchev–Trinajstić information content (AvgIpc) is 3.48. The second-order valence-corrected chi connectivity index (χ2v) is 6.22. The Bertz CT molecular complexity index is 859. The maximum atomic E-state index is 12.2. The molecular formula is C21H21NO5. The SMILES string of the molecule is COC1=C(OC2CC2)C=CC(/C=C/C(=O)Nc2ccccc2C(=O)O)=CC1. The summed E-state index contributed by atoms with van der Waals surface area (Å²) in [5.41, 5.74) is 1.14. The summed E-state index contributed by atoms with van der Waals surface area (Å²) in [4.78, 5) is 23.4. The molecule has 3 rings (SSSR count). The number of methoxy groups -OCH3 is 1. The van der Waals surface area contributed by atoms with E-state index < -0.39 is 11.9 Å². The monoisotopic (exact) mass is 367 g/mol. The van der Waals surface area contributed by atoms with Crippen molar-refractivity contribution in [3.05, 3.63) is 77.3 Å². The molecule has 0 unspecified atom stereocenters. The number of benzene rings is 1. The van der Waals surface area contributed by atoms with Gasteiger partial charge < -0.3 is 19.9 Å². The first-order chi connectivity index (χ1) is 13.1. The number of carbonyl (C=O) groups excluding carboxylic acids is 1. The van der Waals surface area contributed by atoms with Gasteiger partial charge in [-0.3, -0.25) is 4.79 Å². The zero-order valence-corrected chi connectivity index (χ0v) is 15.0. The van der Waals surface area contributed by atoms with E-state index >= 15 is 0 Å². The Balaban J connectivity index is 1.65. The highest BCUT2D eigenvalue weighted by Crippen LogP contribution is 2.30. The summed E-state index contributed by atoms with van der Waals surface area (Å²) < 4.78 is 11.3. The summed E-state index contributed by atoms with van der Waals surface area (Å²) in [5, 5.41) is 11.8. The number of rotatable bonds is 7. The van der Waals surface area contributed by atoms with Crippen LogP contribution in [-0.2, 0) is 14.3 Å². The number of anilines is 1. The number of hydrogen-bond donors (Lipinski definition) is 2. The topological polar surface area (TPSA) is 84.9 Å². The van der Waals surface area contributed by atoms with E-state index in [-0.39, 0.29) is 17.4 Å². The minimum atomic E-state index is -1.09. The Morgan fingerprint density at radius 3 is 2.70 bits per heavy atom. The van der Waals surface area contributed by atoms with Gasteiger partial charge in [0, 0.05) is 12.5 Å². The number of carboxylic acid groups (broad SMARTS) is 1. The molecule has 6 nitrogen and oxygen atoms in total. The fraction of sp³-hybridized carbons (Fsp3) is 0.238. The third-order valence-corrected chi connectivity index (χ3v) is 4.13. The fourth-order valence-corrected chi connectivity index (χ4v) is 2.55. The van der Waals surface area contributed by atoms with Gasteiger partial charge in [-0.15, -0.1) is 0 Å². The lowest BCUT2D eigenvalue weighted by Crippen LogP contribution is -2.11. The van der Waals surface area contributed by atoms with Crippen LogP contribution in [0.25, 0.3) is 0 Å². The van der Waals surface area contributed by atoms with Gasteiger partial charge in [-0.25, -0.2) is 4.79 Å². The lowest BCUT2D eigenvalue weighted by atomic mass is 10.1. The molecule has 1 fully saturated rings. The molecule has 0 bridgehead atoms. The predicted molar refractivity (Wildman–Crippen MR) is 101 cm³/mol. The molecule has 2 aliphatic rings. The van der Waals surface area contributed by atoms with Crippen LogP contribution in [0.2, 0.25) is 0 Å². The highest BCUT2D eigenvalue weighted by molar-refractivity contribution is 6.04. The second-order valence-electron chi connectivity index (χ2n) is 6.22. The van der Waals surface area contributed by atoms with Gasteiger partial charge in [-0.2, -0.15) is 0 Å². The van der Waals surface area contributed by atoms with Crippen LogP contribution in [0.3, 0.4) is 0 Å². The maximum Gasteiger partial charge on any atom is 0.337 e. The van der Waals surface area contributed by atoms with E-state index in [0.29, 0.717) is 6.42 Å². The molecule has 2 N–H and O–H groups in total. The van der Waals surface area contributed by atoms with Gasteiger partial charge in [0.2, 0.25) is 5.91 Å². The average molecular weight is 367 g/mol. The standard InChI is InChI=1S/C21H21NO5/c1-26-18-11-6-14(7-12-19(18)27-15-9-10-15)8-13-20(23)22-17-5-3-2-4-16(17)21(24)25/h2-8,12-13,15H,9-11H2,1H3,(H,22,23)(H,24,25)/b13-8+. The fourth-order valence-electron chi connectivity index (χ4n) is 2.55. The van der Waals surface area contributed by atoms with Crippen molar-refractivity contribution in [3.8, 4) is 0 Å². The largest absolute Gasteiger partial charge is 0.497 e. The van der Waals surface area contributed by atoms with Crippen LogP contribution in [0, 0.1) is 0 Å². The van der Waals surface area contributed by atoms with E-state index in [1.165, 1.54) is 12.1 Å². The number of carboxylic acids is 1. The highest BCUT2D eigenvalue weighted by Gasteiger charge is 2.25. The van der Waals surface area contributed by atoms with Gasteiger partial charge in [-0.05, 0) is 42.7 Å². The summed E-state index contributed by atoms with van der Waals surface area (Å²) >= 11 is 0. The van der Waals surface area contributed by atoms with Crippen molar-refractivity contribution >= 4 is 17.6 Å². The number of ether oxygens (including phenoxy) is 2. The van der Waals surface area contributed by atoms with Crippen LogP contribution in [0.5, 0.6) is 0 Å². The molecule has 0 radical (unpaired) electrons. The lowest BCUT2D eigenvalue weighted by molar-refractivity contribution is -0.111. The van der Waals surface area contributed by atoms with Crippen molar-refractivity contribution in [1.82, 2.24) is 0 Å². The molecule has 0 saturated heterocycles. The molecule has 0 aromatic heterocycles. The number of para-hydroxylation sites is 1. The predicted octanol–water partition coefficient (Wildman–Crippen LogP) is 3.80. The quantitative estimate of drug-likeness (QED) is 0.716. The van der Waals surface area contributed by atoms with Crippen LogP contribution < -0.4 is 5.32 Å². The lowest BCUT2D eigenvalue weighted by Gasteiger charge is -2.10. The third-order valence-electron chi connectivity index (χ3n) is 4.13. The van der Waals surface area contributed by atoms with Crippen molar-refractivity contribution in [1.29, 1.82) is 0 Å². The zero-order chi connectivity index (χ0) is 19.2. The second kappa shape index (κ2) is 8.40. The summed E-state index contributed by atoms with van der Waals surface area (Å²) in [6.07, 6.45) is 11.6. The van der Waals surface area contributed by atoms with Crippen molar-refractivity contribution in [3.63, 3.8) is 0 Å². The Labute approximate surface area is 157 Å². The molecule has 27 heavy (non-hydrogen) atoms. The zero-order valence-electron chi connectivity index (χ0n) is 15.0. The number of hydrogen-bond acceptors (Lipinski definition) is 4. The van der Waals surface area contributed by atoms with Crippen molar-refractivity contribution in [2.75, 3.05) is 12.4 Å². The molecule has 0 atom stereocenters. The third kappa shape index (κ3) is 5.10. The van der Waals surface area contributed by atoms with Crippen molar-refractivity contribution < 1.29 is 24.2 Å². The van der Waals surface area contributed by atoms with E-state index in [9.17, 15) is 9.59 Å². The number of nitrogens with one attached hydrogen (secondary N) is 1. The first-order valence-electron chi connectivity index (χ1n) is 8.70. The van der Waals surface area contributed by atoms with Crippen LogP contribution in [-0.4, -0.2) is 30.2 Å². The summed E-state index contributed by atoms with van der Waals surface area (Å²) in [6.45, 7) is 0. The molecule has 2 aliphatic carbocycles. The van der Waals surface area contributed by atoms with Crippen molar-refractivity contribution in [2.24, 2.45) is 0 Å². The first kappa shape index (κ1) is 18.5. The van der Waals surface area contributed by atoms with E-state index in [2.05, 4.69) is 5.32 Å². The van der Waals surface area contributed by atoms with Gasteiger partial charge in [-0.1, -0.05) is 24.3 Å². The van der Waals surface area contributed by atoms with Crippen molar-refractivity contribution in [2.45, 2.75) is 25.4 Å². The smallest absolute Gasteiger partial charge is 0.337 e. The molecule has 0 heterocycles. The van der Waals surface area contributed by atoms with Gasteiger partial charge in [0.15, 0.2) is 5.76 Å². The Morgan fingerprint density at radius 2 is 2.00 bits per heavy atom. The van der Waals surface area contributed by atoms with E-state index in [4.69, 9.17) is 14.6 Å². The van der Waals surface area contributed by atoms with Gasteiger partial charge in [0.05, 0.1) is 24.5 Å². The number of amides is 1. The Kier molecular flexibility index (Phi) is 5.76. The minimum absolute atomic E-state index is 0.0450. The molecule has 0 spiro atoms. The molecule has 1 amide bonds. The summed E-state index contributed by atoms with van der Waals surface area (Å²) in [5.74, 6) is -0.0249. The van der Waals surface area contributed by atoms with E-state index in [1.807, 2.05) is 18.2 Å². The maximum absolute atomic E-state index is 12.2. The van der Waals surface area contributed by atoms with Crippen LogP contribution in [0.4, 0.5) is 5.69 Å². The molecule has 1 saturated carbocycles. The summed E-state index contributed by atoms with van der Waals surface area (Å²) in [6, 6.07) is 6.27. The number of carbonyl (C=O) groups is 2. The molecular weight excluding hydrogens is 346 g/mol. The molecule has 0 aliphatic heterocycles. The van der Waals surface area contributed by atoms with Gasteiger partial charge in [0.1, 0.15) is 5.76 Å². The van der Waals surface area contributed by atoms with Crippen LogP contribution in [0.15, 0.2) is 71.7 Å². The number of aromatic carboxylic acids is 1. The van der Waals surface area contributed by atoms with E-state index in [0.717, 1.165) is 29.9 Å². The van der Waals surface area contributed by atoms with Crippen LogP contribution >= 0.6 is 0 Å². The van der Waals surface area contributed by atoms with Crippen LogP contribution in [0.1, 0.15) is 29.6 Å². The molecule has 140 valence electrons. The first-order valence-corrected chi connectivity index (χ1v) is 8.70. The van der Waals surface area contributed by atoms with Gasteiger partial charge >= 0.3 is 5.97 Å². The Morgan fingerprint density at radius 1 is 1.22 bits per heavy atom. The Hall–Kier alpha value is -3.28. The van der Waals surface area contributed by atoms with E-state index in [1.54, 1.807) is 31.4 Å².